The maximum absolute atomic E-state index is 11.5. The minimum atomic E-state index is -0.375. The first kappa shape index (κ1) is 14.0. The molecule has 0 spiro atoms. The molecule has 2 amide bonds. The van der Waals surface area contributed by atoms with Gasteiger partial charge in [-0.2, -0.15) is 0 Å². The van der Waals surface area contributed by atoms with Gasteiger partial charge in [0.25, 0.3) is 0 Å². The summed E-state index contributed by atoms with van der Waals surface area (Å²) in [5, 5.41) is 0. The van der Waals surface area contributed by atoms with E-state index in [0.717, 1.165) is 25.9 Å². The Kier molecular flexibility index (Phi) is 5.97. The Labute approximate surface area is 102 Å². The Morgan fingerprint density at radius 2 is 2.18 bits per heavy atom. The van der Waals surface area contributed by atoms with Crippen LogP contribution in [0.25, 0.3) is 0 Å². The third-order valence-electron chi connectivity index (χ3n) is 2.98. The summed E-state index contributed by atoms with van der Waals surface area (Å²) in [6.45, 7) is 4.72. The lowest BCUT2D eigenvalue weighted by molar-refractivity contribution is -0.128. The monoisotopic (exact) mass is 242 g/mol. The van der Waals surface area contributed by atoms with Gasteiger partial charge in [0.15, 0.2) is 0 Å². The molecule has 1 fully saturated rings. The molecule has 0 aromatic rings. The molecule has 1 saturated heterocycles. The van der Waals surface area contributed by atoms with Gasteiger partial charge < -0.3 is 15.4 Å². The lowest BCUT2D eigenvalue weighted by Crippen LogP contribution is -2.29. The van der Waals surface area contributed by atoms with E-state index in [4.69, 9.17) is 10.5 Å². The fraction of sp³-hybridized carbons (Fsp3) is 0.833. The third kappa shape index (κ3) is 4.73. The zero-order valence-corrected chi connectivity index (χ0v) is 10.5. The van der Waals surface area contributed by atoms with Crippen molar-refractivity contribution in [2.45, 2.75) is 32.6 Å². The fourth-order valence-electron chi connectivity index (χ4n) is 1.88. The van der Waals surface area contributed by atoms with Gasteiger partial charge in [-0.25, -0.2) is 0 Å². The summed E-state index contributed by atoms with van der Waals surface area (Å²) in [5.74, 6) is -0.647. The van der Waals surface area contributed by atoms with E-state index < -0.39 is 0 Å². The van der Waals surface area contributed by atoms with Crippen LogP contribution in [0.3, 0.4) is 0 Å². The van der Waals surface area contributed by atoms with Gasteiger partial charge in [0, 0.05) is 32.7 Å². The average molecular weight is 242 g/mol. The molecule has 98 valence electrons. The third-order valence-corrected chi connectivity index (χ3v) is 2.98. The van der Waals surface area contributed by atoms with Crippen molar-refractivity contribution in [3.05, 3.63) is 0 Å². The summed E-state index contributed by atoms with van der Waals surface area (Å²) >= 11 is 0. The van der Waals surface area contributed by atoms with E-state index in [1.165, 1.54) is 0 Å². The number of ether oxygens (including phenoxy) is 1. The number of amides is 2. The smallest absolute Gasteiger partial charge is 0.223 e. The zero-order chi connectivity index (χ0) is 12.7. The maximum Gasteiger partial charge on any atom is 0.223 e. The van der Waals surface area contributed by atoms with Gasteiger partial charge in [-0.1, -0.05) is 13.3 Å². The maximum atomic E-state index is 11.5. The zero-order valence-electron chi connectivity index (χ0n) is 10.5. The van der Waals surface area contributed by atoms with Crippen LogP contribution in [-0.4, -0.2) is 43.0 Å². The number of likely N-dealkylation sites (tertiary alicyclic amines) is 1. The molecule has 1 unspecified atom stereocenters. The number of unbranched alkanes of at least 4 members (excludes halogenated alkanes) is 1. The summed E-state index contributed by atoms with van der Waals surface area (Å²) in [5.41, 5.74) is 5.19. The number of nitrogens with two attached hydrogens (primary N) is 1. The van der Waals surface area contributed by atoms with E-state index in [1.54, 1.807) is 4.90 Å². The summed E-state index contributed by atoms with van der Waals surface area (Å²) < 4.78 is 5.41. The molecule has 1 aliphatic rings. The number of carbonyl (C=O) groups is 2. The van der Waals surface area contributed by atoms with Crippen molar-refractivity contribution >= 4 is 11.8 Å². The summed E-state index contributed by atoms with van der Waals surface area (Å²) in [7, 11) is 0. The van der Waals surface area contributed by atoms with E-state index in [-0.39, 0.29) is 24.2 Å². The molecule has 1 rings (SSSR count). The summed E-state index contributed by atoms with van der Waals surface area (Å²) in [6, 6.07) is 0. The number of carbonyl (C=O) groups excluding carboxylic acids is 2. The van der Waals surface area contributed by atoms with Crippen LogP contribution in [-0.2, 0) is 14.3 Å². The molecule has 0 aromatic carbocycles. The molecule has 0 bridgehead atoms. The normalized spacial score (nSPS) is 19.9. The first-order valence-corrected chi connectivity index (χ1v) is 6.30. The predicted molar refractivity (Wildman–Crippen MR) is 64.2 cm³/mol. The van der Waals surface area contributed by atoms with Gasteiger partial charge in [-0.3, -0.25) is 9.59 Å². The second-order valence-electron chi connectivity index (χ2n) is 4.46. The Morgan fingerprint density at radius 1 is 1.47 bits per heavy atom. The Hall–Kier alpha value is -1.10. The van der Waals surface area contributed by atoms with Crippen LogP contribution < -0.4 is 5.73 Å². The SMILES string of the molecule is CCCCOCCCN1CC(C(N)=O)CC1=O. The van der Waals surface area contributed by atoms with E-state index in [2.05, 4.69) is 6.92 Å². The van der Waals surface area contributed by atoms with Crippen molar-refractivity contribution in [2.24, 2.45) is 11.7 Å². The highest BCUT2D eigenvalue weighted by Gasteiger charge is 2.32. The number of hydrogen-bond donors (Lipinski definition) is 1. The fourth-order valence-corrected chi connectivity index (χ4v) is 1.88. The van der Waals surface area contributed by atoms with Crippen LogP contribution in [0.4, 0.5) is 0 Å². The molecule has 2 N–H and O–H groups in total. The molecule has 1 aliphatic heterocycles. The van der Waals surface area contributed by atoms with Crippen LogP contribution in [0.15, 0.2) is 0 Å². The van der Waals surface area contributed by atoms with Crippen LogP contribution in [0.1, 0.15) is 32.6 Å². The molecule has 0 aromatic heterocycles. The van der Waals surface area contributed by atoms with Gasteiger partial charge in [0.1, 0.15) is 0 Å². The topological polar surface area (TPSA) is 72.6 Å². The van der Waals surface area contributed by atoms with E-state index >= 15 is 0 Å². The summed E-state index contributed by atoms with van der Waals surface area (Å²) in [6.07, 6.45) is 3.30. The second kappa shape index (κ2) is 7.27. The van der Waals surface area contributed by atoms with Gasteiger partial charge in [-0.05, 0) is 12.8 Å². The van der Waals surface area contributed by atoms with Gasteiger partial charge in [0.05, 0.1) is 5.92 Å². The van der Waals surface area contributed by atoms with Crippen molar-refractivity contribution in [3.8, 4) is 0 Å². The van der Waals surface area contributed by atoms with E-state index in [9.17, 15) is 9.59 Å². The molecular formula is C12H22N2O3. The van der Waals surface area contributed by atoms with E-state index in [1.807, 2.05) is 0 Å². The van der Waals surface area contributed by atoms with Crippen LogP contribution in [0, 0.1) is 5.92 Å². The van der Waals surface area contributed by atoms with Crippen molar-refractivity contribution in [1.82, 2.24) is 4.90 Å². The van der Waals surface area contributed by atoms with Crippen molar-refractivity contribution in [1.29, 1.82) is 0 Å². The number of hydrogen-bond acceptors (Lipinski definition) is 3. The minimum absolute atomic E-state index is 0.0300. The molecule has 0 aliphatic carbocycles. The van der Waals surface area contributed by atoms with E-state index in [0.29, 0.717) is 19.7 Å². The lowest BCUT2D eigenvalue weighted by Gasteiger charge is -2.15. The molecule has 5 heteroatoms. The van der Waals surface area contributed by atoms with Crippen molar-refractivity contribution in [2.75, 3.05) is 26.3 Å². The van der Waals surface area contributed by atoms with Gasteiger partial charge >= 0.3 is 0 Å². The van der Waals surface area contributed by atoms with Crippen LogP contribution in [0.2, 0.25) is 0 Å². The minimum Gasteiger partial charge on any atom is -0.381 e. The molecule has 5 nitrogen and oxygen atoms in total. The molecule has 1 atom stereocenters. The first-order chi connectivity index (χ1) is 8.15. The highest BCUT2D eigenvalue weighted by molar-refractivity contribution is 5.88. The standard InChI is InChI=1S/C12H22N2O3/c1-2-3-6-17-7-4-5-14-9-10(12(13)16)8-11(14)15/h10H,2-9H2,1H3,(H2,13,16). The second-order valence-corrected chi connectivity index (χ2v) is 4.46. The number of nitrogens with zero attached hydrogens (tertiary/aromatic N) is 1. The first-order valence-electron chi connectivity index (χ1n) is 6.30. The predicted octanol–water partition coefficient (Wildman–Crippen LogP) is 0.527. The van der Waals surface area contributed by atoms with Crippen molar-refractivity contribution in [3.63, 3.8) is 0 Å². The largest absolute Gasteiger partial charge is 0.381 e. The Bertz CT molecular complexity index is 268. The molecular weight excluding hydrogens is 220 g/mol. The highest BCUT2D eigenvalue weighted by atomic mass is 16.5. The Balaban J connectivity index is 2.11. The van der Waals surface area contributed by atoms with Gasteiger partial charge in [0.2, 0.25) is 11.8 Å². The number of rotatable bonds is 8. The number of primary amides is 1. The highest BCUT2D eigenvalue weighted by Crippen LogP contribution is 2.17. The average Bonchev–Trinajstić information content (AvgIpc) is 2.65. The van der Waals surface area contributed by atoms with Gasteiger partial charge in [-0.15, -0.1) is 0 Å². The molecule has 17 heavy (non-hydrogen) atoms. The summed E-state index contributed by atoms with van der Waals surface area (Å²) in [4.78, 5) is 24.2. The van der Waals surface area contributed by atoms with Crippen LogP contribution in [0.5, 0.6) is 0 Å². The van der Waals surface area contributed by atoms with Crippen molar-refractivity contribution < 1.29 is 14.3 Å². The molecule has 1 heterocycles. The van der Waals surface area contributed by atoms with Crippen LogP contribution >= 0.6 is 0 Å². The Morgan fingerprint density at radius 3 is 2.76 bits per heavy atom. The molecule has 0 saturated carbocycles. The molecule has 0 radical (unpaired) electrons. The quantitative estimate of drug-likeness (QED) is 0.631. The lowest BCUT2D eigenvalue weighted by atomic mass is 10.1.